The van der Waals surface area contributed by atoms with Crippen molar-refractivity contribution < 1.29 is 14.3 Å². The molecule has 0 atom stereocenters. The van der Waals surface area contributed by atoms with E-state index < -0.39 is 11.8 Å². The zero-order valence-corrected chi connectivity index (χ0v) is 9.82. The Hall–Kier alpha value is -1.42. The average molecular weight is 237 g/mol. The van der Waals surface area contributed by atoms with Gasteiger partial charge in [-0.2, -0.15) is 0 Å². The molecule has 1 saturated carbocycles. The lowest BCUT2D eigenvalue weighted by molar-refractivity contribution is 0.0693. The van der Waals surface area contributed by atoms with E-state index in [0.29, 0.717) is 18.2 Å². The molecule has 0 aliphatic heterocycles. The summed E-state index contributed by atoms with van der Waals surface area (Å²) in [6, 6.07) is 4.57. The average Bonchev–Trinajstić information content (AvgIpc) is 3.11. The molecule has 1 N–H and O–H groups in total. The number of rotatable bonds is 5. The van der Waals surface area contributed by atoms with E-state index >= 15 is 0 Å². The lowest BCUT2D eigenvalue weighted by atomic mass is 10.1. The molecule has 1 aliphatic carbocycles. The molecule has 1 aromatic rings. The van der Waals surface area contributed by atoms with Crippen molar-refractivity contribution in [3.05, 3.63) is 35.1 Å². The first-order valence-electron chi connectivity index (χ1n) is 5.87. The van der Waals surface area contributed by atoms with Gasteiger partial charge in [-0.3, -0.25) is 4.90 Å². The van der Waals surface area contributed by atoms with E-state index in [2.05, 4.69) is 11.8 Å². The minimum absolute atomic E-state index is 0.0732. The molecule has 0 heterocycles. The van der Waals surface area contributed by atoms with Crippen LogP contribution < -0.4 is 0 Å². The maximum Gasteiger partial charge on any atom is 0.336 e. The summed E-state index contributed by atoms with van der Waals surface area (Å²) in [4.78, 5) is 13.3. The van der Waals surface area contributed by atoms with E-state index in [-0.39, 0.29) is 5.56 Å². The predicted octanol–water partition coefficient (Wildman–Crippen LogP) is 2.51. The van der Waals surface area contributed by atoms with Gasteiger partial charge in [0.2, 0.25) is 0 Å². The highest BCUT2D eigenvalue weighted by Gasteiger charge is 2.28. The number of halogens is 1. The summed E-state index contributed by atoms with van der Waals surface area (Å²) in [5.41, 5.74) is 0.761. The second-order valence-corrected chi connectivity index (χ2v) is 4.40. The zero-order valence-electron chi connectivity index (χ0n) is 9.82. The Kier molecular flexibility index (Phi) is 3.43. The predicted molar refractivity (Wildman–Crippen MR) is 62.5 cm³/mol. The smallest absolute Gasteiger partial charge is 0.336 e. The molecule has 0 amide bonds. The molecule has 0 unspecified atom stereocenters. The third-order valence-corrected chi connectivity index (χ3v) is 3.15. The Morgan fingerprint density at radius 2 is 2.24 bits per heavy atom. The number of carbonyl (C=O) groups is 1. The molecule has 4 heteroatoms. The second kappa shape index (κ2) is 4.84. The van der Waals surface area contributed by atoms with Gasteiger partial charge in [0, 0.05) is 12.6 Å². The molecule has 1 fully saturated rings. The Morgan fingerprint density at radius 1 is 1.53 bits per heavy atom. The van der Waals surface area contributed by atoms with E-state index in [4.69, 9.17) is 5.11 Å². The van der Waals surface area contributed by atoms with E-state index in [1.165, 1.54) is 18.9 Å². The van der Waals surface area contributed by atoms with Gasteiger partial charge in [-0.25, -0.2) is 9.18 Å². The lowest BCUT2D eigenvalue weighted by Crippen LogP contribution is -2.26. The van der Waals surface area contributed by atoms with Crippen molar-refractivity contribution in [1.29, 1.82) is 0 Å². The molecular formula is C13H16FNO2. The van der Waals surface area contributed by atoms with Gasteiger partial charge < -0.3 is 5.11 Å². The van der Waals surface area contributed by atoms with Crippen LogP contribution in [-0.2, 0) is 6.54 Å². The zero-order chi connectivity index (χ0) is 12.4. The summed E-state index contributed by atoms with van der Waals surface area (Å²) in [7, 11) is 0. The van der Waals surface area contributed by atoms with Crippen LogP contribution in [0.25, 0.3) is 0 Å². The third kappa shape index (κ3) is 2.82. The van der Waals surface area contributed by atoms with Gasteiger partial charge in [0.1, 0.15) is 5.82 Å². The molecule has 17 heavy (non-hydrogen) atoms. The third-order valence-electron chi connectivity index (χ3n) is 3.15. The Balaban J connectivity index is 2.21. The highest BCUT2D eigenvalue weighted by atomic mass is 19.1. The van der Waals surface area contributed by atoms with E-state index in [9.17, 15) is 9.18 Å². The highest BCUT2D eigenvalue weighted by molar-refractivity contribution is 5.89. The SMILES string of the molecule is CCN(Cc1ccc(F)cc1C(=O)O)C1CC1. The maximum absolute atomic E-state index is 13.0. The van der Waals surface area contributed by atoms with Gasteiger partial charge in [-0.05, 0) is 37.1 Å². The summed E-state index contributed by atoms with van der Waals surface area (Å²) in [5.74, 6) is -1.56. The second-order valence-electron chi connectivity index (χ2n) is 4.40. The quantitative estimate of drug-likeness (QED) is 0.855. The van der Waals surface area contributed by atoms with Crippen LogP contribution in [0.2, 0.25) is 0 Å². The molecule has 0 spiro atoms. The minimum Gasteiger partial charge on any atom is -0.478 e. The number of benzene rings is 1. The molecular weight excluding hydrogens is 221 g/mol. The van der Waals surface area contributed by atoms with Crippen molar-refractivity contribution in [3.8, 4) is 0 Å². The van der Waals surface area contributed by atoms with Crippen molar-refractivity contribution in [2.24, 2.45) is 0 Å². The highest BCUT2D eigenvalue weighted by Crippen LogP contribution is 2.28. The summed E-state index contributed by atoms with van der Waals surface area (Å²) in [6.07, 6.45) is 2.36. The van der Waals surface area contributed by atoms with Crippen LogP contribution in [0.3, 0.4) is 0 Å². The van der Waals surface area contributed by atoms with Crippen molar-refractivity contribution in [2.75, 3.05) is 6.54 Å². The van der Waals surface area contributed by atoms with Crippen LogP contribution in [-0.4, -0.2) is 28.6 Å². The largest absolute Gasteiger partial charge is 0.478 e. The van der Waals surface area contributed by atoms with Crippen molar-refractivity contribution >= 4 is 5.97 Å². The van der Waals surface area contributed by atoms with Crippen molar-refractivity contribution in [3.63, 3.8) is 0 Å². The van der Waals surface area contributed by atoms with Crippen LogP contribution in [0.15, 0.2) is 18.2 Å². The Bertz CT molecular complexity index is 429. The first-order valence-corrected chi connectivity index (χ1v) is 5.87. The molecule has 2 rings (SSSR count). The van der Waals surface area contributed by atoms with Crippen molar-refractivity contribution in [2.45, 2.75) is 32.4 Å². The van der Waals surface area contributed by atoms with Crippen LogP contribution in [0.1, 0.15) is 35.7 Å². The summed E-state index contributed by atoms with van der Waals surface area (Å²) < 4.78 is 13.0. The van der Waals surface area contributed by atoms with Gasteiger partial charge in [0.05, 0.1) is 5.56 Å². The Labute approximate surface area is 99.9 Å². The number of aromatic carboxylic acids is 1. The topological polar surface area (TPSA) is 40.5 Å². The molecule has 0 saturated heterocycles. The van der Waals surface area contributed by atoms with Gasteiger partial charge in [0.25, 0.3) is 0 Å². The van der Waals surface area contributed by atoms with Gasteiger partial charge in [-0.15, -0.1) is 0 Å². The standard InChI is InChI=1S/C13H16FNO2/c1-2-15(11-5-6-11)8-9-3-4-10(14)7-12(9)13(16)17/h3-4,7,11H,2,5-6,8H2,1H3,(H,16,17). The molecule has 0 radical (unpaired) electrons. The molecule has 1 aliphatic rings. The Morgan fingerprint density at radius 3 is 2.76 bits per heavy atom. The number of hydrogen-bond acceptors (Lipinski definition) is 2. The fraction of sp³-hybridized carbons (Fsp3) is 0.462. The van der Waals surface area contributed by atoms with Gasteiger partial charge >= 0.3 is 5.97 Å². The first-order chi connectivity index (χ1) is 8.11. The minimum atomic E-state index is -1.06. The molecule has 1 aromatic carbocycles. The van der Waals surface area contributed by atoms with E-state index in [0.717, 1.165) is 12.6 Å². The molecule has 3 nitrogen and oxygen atoms in total. The lowest BCUT2D eigenvalue weighted by Gasteiger charge is -2.20. The van der Waals surface area contributed by atoms with Crippen molar-refractivity contribution in [1.82, 2.24) is 4.90 Å². The number of carboxylic acid groups (broad SMARTS) is 1. The summed E-state index contributed by atoms with van der Waals surface area (Å²) in [5, 5.41) is 9.04. The fourth-order valence-corrected chi connectivity index (χ4v) is 2.04. The van der Waals surface area contributed by atoms with E-state index in [1.807, 2.05) is 0 Å². The van der Waals surface area contributed by atoms with Crippen LogP contribution >= 0.6 is 0 Å². The normalized spacial score (nSPS) is 15.2. The van der Waals surface area contributed by atoms with Gasteiger partial charge in [0.15, 0.2) is 0 Å². The number of carboxylic acids is 1. The van der Waals surface area contributed by atoms with E-state index in [1.54, 1.807) is 6.07 Å². The number of hydrogen-bond donors (Lipinski definition) is 1. The fourth-order valence-electron chi connectivity index (χ4n) is 2.04. The monoisotopic (exact) mass is 237 g/mol. The summed E-state index contributed by atoms with van der Waals surface area (Å²) in [6.45, 7) is 3.53. The molecule has 0 aromatic heterocycles. The summed E-state index contributed by atoms with van der Waals surface area (Å²) >= 11 is 0. The molecule has 0 bridgehead atoms. The molecule has 92 valence electrons. The van der Waals surface area contributed by atoms with Crippen LogP contribution in [0.5, 0.6) is 0 Å². The van der Waals surface area contributed by atoms with Crippen LogP contribution in [0.4, 0.5) is 4.39 Å². The maximum atomic E-state index is 13.0. The first kappa shape index (κ1) is 12.0. The van der Waals surface area contributed by atoms with Gasteiger partial charge in [-0.1, -0.05) is 13.0 Å². The number of nitrogens with zero attached hydrogens (tertiary/aromatic N) is 1. The van der Waals surface area contributed by atoms with Crippen LogP contribution in [0, 0.1) is 5.82 Å².